The first-order chi connectivity index (χ1) is 8.17. The Labute approximate surface area is 106 Å². The molecule has 0 saturated heterocycles. The lowest BCUT2D eigenvalue weighted by molar-refractivity contribution is 0.0790. The smallest absolute Gasteiger partial charge is 0.118 e. The summed E-state index contributed by atoms with van der Waals surface area (Å²) in [6, 6.07) is 4.46. The Kier molecular flexibility index (Phi) is 5.70. The molecule has 0 fully saturated rings. The third-order valence-corrected chi connectivity index (χ3v) is 3.45. The van der Waals surface area contributed by atoms with Crippen LogP contribution in [-0.4, -0.2) is 0 Å². The zero-order valence-electron chi connectivity index (χ0n) is 11.7. The molecule has 0 aromatic heterocycles. The molecule has 0 aliphatic heterocycles. The van der Waals surface area contributed by atoms with Gasteiger partial charge in [-0.3, -0.25) is 0 Å². The second-order valence-electron chi connectivity index (χ2n) is 4.67. The highest BCUT2D eigenvalue weighted by molar-refractivity contribution is 5.41. The van der Waals surface area contributed by atoms with Crippen LogP contribution >= 0.6 is 0 Å². The van der Waals surface area contributed by atoms with Crippen LogP contribution < -0.4 is 0 Å². The maximum atomic E-state index is 12.3. The van der Waals surface area contributed by atoms with E-state index in [0.29, 0.717) is 0 Å². The summed E-state index contributed by atoms with van der Waals surface area (Å²) in [5.41, 5.74) is 5.00. The summed E-state index contributed by atoms with van der Waals surface area (Å²) < 4.78 is 0. The van der Waals surface area contributed by atoms with E-state index in [1.165, 1.54) is 16.7 Å². The molecule has 1 nitrogen and oxygen atoms in total. The molecular formula is C16H25O. The maximum Gasteiger partial charge on any atom is 0.118 e. The van der Waals surface area contributed by atoms with Crippen LogP contribution in [0.25, 0.3) is 0 Å². The Balaban J connectivity index is 3.23. The standard InChI is InChI=1S/C16H25O/c1-5-9-15(17)16-13(7-3)10-12(6-2)11-14(16)8-4/h10-11,15H,5-9H2,1-4H3. The molecule has 1 radical (unpaired) electrons. The van der Waals surface area contributed by atoms with Crippen LogP contribution in [-0.2, 0) is 24.4 Å². The van der Waals surface area contributed by atoms with E-state index in [9.17, 15) is 5.11 Å². The molecule has 0 N–H and O–H groups in total. The molecule has 0 heterocycles. The molecule has 0 saturated carbocycles. The van der Waals surface area contributed by atoms with Crippen LogP contribution in [0, 0.1) is 0 Å². The van der Waals surface area contributed by atoms with Gasteiger partial charge in [0.15, 0.2) is 0 Å². The predicted octanol–water partition coefficient (Wildman–Crippen LogP) is 4.65. The average Bonchev–Trinajstić information content (AvgIpc) is 2.37. The third-order valence-electron chi connectivity index (χ3n) is 3.45. The van der Waals surface area contributed by atoms with E-state index in [1.807, 2.05) is 0 Å². The molecule has 1 aromatic carbocycles. The van der Waals surface area contributed by atoms with Crippen molar-refractivity contribution in [3.05, 3.63) is 34.4 Å². The van der Waals surface area contributed by atoms with Gasteiger partial charge in [0.25, 0.3) is 0 Å². The number of hydrogen-bond acceptors (Lipinski definition) is 0. The summed E-state index contributed by atoms with van der Waals surface area (Å²) in [4.78, 5) is 0. The minimum absolute atomic E-state index is 0.532. The number of hydrogen-bond donors (Lipinski definition) is 0. The van der Waals surface area contributed by atoms with Gasteiger partial charge in [-0.05, 0) is 47.9 Å². The molecule has 17 heavy (non-hydrogen) atoms. The van der Waals surface area contributed by atoms with Gasteiger partial charge in [0, 0.05) is 0 Å². The van der Waals surface area contributed by atoms with Gasteiger partial charge in [-0.25, -0.2) is 5.11 Å². The van der Waals surface area contributed by atoms with Gasteiger partial charge < -0.3 is 0 Å². The Morgan fingerprint density at radius 3 is 1.82 bits per heavy atom. The largest absolute Gasteiger partial charge is 0.228 e. The van der Waals surface area contributed by atoms with Crippen molar-refractivity contribution in [3.63, 3.8) is 0 Å². The first kappa shape index (κ1) is 14.2. The van der Waals surface area contributed by atoms with Crippen molar-refractivity contribution >= 4 is 0 Å². The van der Waals surface area contributed by atoms with Crippen molar-refractivity contribution in [2.75, 3.05) is 0 Å². The molecular weight excluding hydrogens is 208 g/mol. The van der Waals surface area contributed by atoms with Crippen LogP contribution in [0.15, 0.2) is 12.1 Å². The fraction of sp³-hybridized carbons (Fsp3) is 0.625. The predicted molar refractivity (Wildman–Crippen MR) is 72.9 cm³/mol. The highest BCUT2D eigenvalue weighted by Gasteiger charge is 2.17. The van der Waals surface area contributed by atoms with Crippen LogP contribution in [0.4, 0.5) is 0 Å². The third kappa shape index (κ3) is 3.32. The second kappa shape index (κ2) is 6.80. The normalized spacial score (nSPS) is 12.8. The van der Waals surface area contributed by atoms with Crippen LogP contribution in [0.1, 0.15) is 68.9 Å². The van der Waals surface area contributed by atoms with E-state index in [4.69, 9.17) is 0 Å². The molecule has 1 atom stereocenters. The van der Waals surface area contributed by atoms with E-state index < -0.39 is 6.10 Å². The van der Waals surface area contributed by atoms with Gasteiger partial charge in [-0.2, -0.15) is 0 Å². The van der Waals surface area contributed by atoms with E-state index >= 15 is 0 Å². The van der Waals surface area contributed by atoms with Crippen molar-refractivity contribution in [1.29, 1.82) is 0 Å². The Bertz CT molecular complexity index is 330. The molecule has 1 rings (SSSR count). The van der Waals surface area contributed by atoms with Gasteiger partial charge in [-0.1, -0.05) is 46.2 Å². The lowest BCUT2D eigenvalue weighted by atomic mass is 9.89. The van der Waals surface area contributed by atoms with E-state index in [1.54, 1.807) is 0 Å². The topological polar surface area (TPSA) is 19.9 Å². The van der Waals surface area contributed by atoms with Crippen molar-refractivity contribution < 1.29 is 5.11 Å². The molecule has 0 aliphatic rings. The highest BCUT2D eigenvalue weighted by Crippen LogP contribution is 2.29. The molecule has 0 amide bonds. The fourth-order valence-corrected chi connectivity index (χ4v) is 2.46. The number of rotatable bonds is 6. The summed E-state index contributed by atoms with van der Waals surface area (Å²) in [6.45, 7) is 8.56. The summed E-state index contributed by atoms with van der Waals surface area (Å²) in [5, 5.41) is 12.3. The van der Waals surface area contributed by atoms with Gasteiger partial charge in [0.05, 0.1) is 0 Å². The molecule has 0 spiro atoms. The Morgan fingerprint density at radius 2 is 1.47 bits per heavy atom. The summed E-state index contributed by atoms with van der Waals surface area (Å²) in [6.07, 6.45) is 4.19. The Hall–Kier alpha value is -0.820. The average molecular weight is 233 g/mol. The lowest BCUT2D eigenvalue weighted by Gasteiger charge is -2.18. The first-order valence-corrected chi connectivity index (χ1v) is 6.98. The summed E-state index contributed by atoms with van der Waals surface area (Å²) >= 11 is 0. The zero-order chi connectivity index (χ0) is 12.8. The second-order valence-corrected chi connectivity index (χ2v) is 4.67. The minimum atomic E-state index is -0.532. The maximum absolute atomic E-state index is 12.3. The summed E-state index contributed by atoms with van der Waals surface area (Å²) in [7, 11) is 0. The van der Waals surface area contributed by atoms with Gasteiger partial charge in [0.1, 0.15) is 6.10 Å². The van der Waals surface area contributed by atoms with Gasteiger partial charge >= 0.3 is 0 Å². The molecule has 1 heteroatoms. The SMILES string of the molecule is CCCC([O])c1c(CC)cc(CC)cc1CC. The zero-order valence-corrected chi connectivity index (χ0v) is 11.7. The van der Waals surface area contributed by atoms with Crippen LogP contribution in [0.2, 0.25) is 0 Å². The molecule has 0 aliphatic carbocycles. The van der Waals surface area contributed by atoms with Crippen molar-refractivity contribution in [3.8, 4) is 0 Å². The van der Waals surface area contributed by atoms with Crippen LogP contribution in [0.3, 0.4) is 0 Å². The molecule has 1 aromatic rings. The molecule has 95 valence electrons. The Morgan fingerprint density at radius 1 is 0.941 bits per heavy atom. The van der Waals surface area contributed by atoms with Crippen molar-refractivity contribution in [1.82, 2.24) is 0 Å². The highest BCUT2D eigenvalue weighted by atomic mass is 16.3. The molecule has 1 unspecified atom stereocenters. The minimum Gasteiger partial charge on any atom is -0.228 e. The van der Waals surface area contributed by atoms with E-state index in [2.05, 4.69) is 39.8 Å². The first-order valence-electron chi connectivity index (χ1n) is 6.98. The summed E-state index contributed by atoms with van der Waals surface area (Å²) in [5.74, 6) is 0. The van der Waals surface area contributed by atoms with E-state index in [0.717, 1.165) is 37.7 Å². The number of aryl methyl sites for hydroxylation is 3. The van der Waals surface area contributed by atoms with Crippen molar-refractivity contribution in [2.24, 2.45) is 0 Å². The van der Waals surface area contributed by atoms with Crippen LogP contribution in [0.5, 0.6) is 0 Å². The van der Waals surface area contributed by atoms with E-state index in [-0.39, 0.29) is 0 Å². The van der Waals surface area contributed by atoms with Gasteiger partial charge in [0.2, 0.25) is 0 Å². The van der Waals surface area contributed by atoms with Gasteiger partial charge in [-0.15, -0.1) is 0 Å². The fourth-order valence-electron chi connectivity index (χ4n) is 2.46. The van der Waals surface area contributed by atoms with Crippen molar-refractivity contribution in [2.45, 2.75) is 65.9 Å². The molecule has 0 bridgehead atoms. The monoisotopic (exact) mass is 233 g/mol. The number of benzene rings is 1. The lowest BCUT2D eigenvalue weighted by Crippen LogP contribution is -2.06. The quantitative estimate of drug-likeness (QED) is 0.682.